The molecule has 0 bridgehead atoms. The number of ether oxygens (including phenoxy) is 1. The zero-order valence-electron chi connectivity index (χ0n) is 8.43. The van der Waals surface area contributed by atoms with E-state index in [4.69, 9.17) is 5.73 Å². The van der Waals surface area contributed by atoms with E-state index >= 15 is 0 Å². The molecular formula is C9H14F3NO2. The summed E-state index contributed by atoms with van der Waals surface area (Å²) >= 11 is 0. The molecule has 0 amide bonds. The molecule has 1 atom stereocenters. The summed E-state index contributed by atoms with van der Waals surface area (Å²) < 4.78 is 42.6. The van der Waals surface area contributed by atoms with Gasteiger partial charge in [-0.2, -0.15) is 13.2 Å². The van der Waals surface area contributed by atoms with Crippen molar-refractivity contribution in [1.82, 2.24) is 0 Å². The number of alkyl halides is 3. The monoisotopic (exact) mass is 225 g/mol. The van der Waals surface area contributed by atoms with Crippen LogP contribution in [0.15, 0.2) is 0 Å². The highest BCUT2D eigenvalue weighted by Crippen LogP contribution is 2.44. The highest BCUT2D eigenvalue weighted by Gasteiger charge is 2.64. The Morgan fingerprint density at radius 1 is 1.47 bits per heavy atom. The summed E-state index contributed by atoms with van der Waals surface area (Å²) in [6, 6.07) is 0. The quantitative estimate of drug-likeness (QED) is 0.742. The topological polar surface area (TPSA) is 52.3 Å². The maximum atomic E-state index is 12.7. The fraction of sp³-hybridized carbons (Fsp3) is 0.889. The van der Waals surface area contributed by atoms with E-state index in [1.165, 1.54) is 6.92 Å². The van der Waals surface area contributed by atoms with Gasteiger partial charge in [0, 0.05) is 0 Å². The van der Waals surface area contributed by atoms with Crippen molar-refractivity contribution in [3.8, 4) is 0 Å². The van der Waals surface area contributed by atoms with Crippen molar-refractivity contribution < 1.29 is 22.7 Å². The molecule has 6 heteroatoms. The number of hydrogen-bond acceptors (Lipinski definition) is 3. The number of carbonyl (C=O) groups excluding carboxylic acids is 1. The van der Waals surface area contributed by atoms with Crippen molar-refractivity contribution in [2.24, 2.45) is 11.7 Å². The third-order valence-electron chi connectivity index (χ3n) is 2.83. The minimum atomic E-state index is -4.75. The molecule has 0 heterocycles. The van der Waals surface area contributed by atoms with Crippen molar-refractivity contribution in [3.63, 3.8) is 0 Å². The van der Waals surface area contributed by atoms with Gasteiger partial charge in [-0.25, -0.2) is 4.79 Å². The first kappa shape index (κ1) is 12.3. The third-order valence-corrected chi connectivity index (χ3v) is 2.83. The van der Waals surface area contributed by atoms with Gasteiger partial charge in [0.15, 0.2) is 0 Å². The van der Waals surface area contributed by atoms with Gasteiger partial charge in [0.2, 0.25) is 5.54 Å². The summed E-state index contributed by atoms with van der Waals surface area (Å²) in [6.45, 7) is 1.36. The Hall–Kier alpha value is -0.780. The van der Waals surface area contributed by atoms with Crippen LogP contribution in [0.4, 0.5) is 13.2 Å². The second-order valence-electron chi connectivity index (χ2n) is 3.72. The molecule has 1 aliphatic carbocycles. The maximum Gasteiger partial charge on any atom is 0.417 e. The minimum Gasteiger partial charge on any atom is -0.464 e. The van der Waals surface area contributed by atoms with Crippen LogP contribution >= 0.6 is 0 Å². The van der Waals surface area contributed by atoms with Gasteiger partial charge in [0.05, 0.1) is 6.61 Å². The standard InChI is InChI=1S/C9H14F3NO2/c1-2-15-7(14)8(13,9(10,11)12)6-4-3-5-6/h6H,2-5,13H2,1H3/t8-/m0/s1. The molecule has 0 radical (unpaired) electrons. The van der Waals surface area contributed by atoms with Crippen molar-refractivity contribution in [2.75, 3.05) is 6.61 Å². The fourth-order valence-electron chi connectivity index (χ4n) is 1.63. The zero-order valence-corrected chi connectivity index (χ0v) is 8.43. The second-order valence-corrected chi connectivity index (χ2v) is 3.72. The molecule has 1 fully saturated rings. The van der Waals surface area contributed by atoms with Crippen LogP contribution in [0, 0.1) is 5.92 Å². The van der Waals surface area contributed by atoms with Crippen molar-refractivity contribution in [2.45, 2.75) is 37.9 Å². The number of hydrogen-bond donors (Lipinski definition) is 1. The molecule has 0 spiro atoms. The Balaban J connectivity index is 2.90. The molecule has 0 saturated heterocycles. The largest absolute Gasteiger partial charge is 0.464 e. The van der Waals surface area contributed by atoms with Crippen molar-refractivity contribution >= 4 is 5.97 Å². The summed E-state index contributed by atoms with van der Waals surface area (Å²) in [7, 11) is 0. The molecule has 0 unspecified atom stereocenters. The fourth-order valence-corrected chi connectivity index (χ4v) is 1.63. The molecule has 2 N–H and O–H groups in total. The summed E-state index contributed by atoms with van der Waals surface area (Å²) in [5.74, 6) is -2.20. The van der Waals surface area contributed by atoms with Gasteiger partial charge >= 0.3 is 12.1 Å². The van der Waals surface area contributed by atoms with Crippen LogP contribution in [0.25, 0.3) is 0 Å². The highest BCUT2D eigenvalue weighted by atomic mass is 19.4. The third kappa shape index (κ3) is 1.95. The van der Waals surface area contributed by atoms with E-state index in [2.05, 4.69) is 4.74 Å². The van der Waals surface area contributed by atoms with Crippen LogP contribution in [0.2, 0.25) is 0 Å². The Bertz CT molecular complexity index is 250. The summed E-state index contributed by atoms with van der Waals surface area (Å²) in [6.07, 6.45) is -3.41. The Morgan fingerprint density at radius 3 is 2.27 bits per heavy atom. The Morgan fingerprint density at radius 2 is 2.00 bits per heavy atom. The Labute approximate surface area is 85.8 Å². The molecule has 88 valence electrons. The van der Waals surface area contributed by atoms with Crippen LogP contribution in [-0.2, 0) is 9.53 Å². The SMILES string of the molecule is CCOC(=O)[C@@](N)(C1CCC1)C(F)(F)F. The van der Waals surface area contributed by atoms with Crippen molar-refractivity contribution in [1.29, 1.82) is 0 Å². The molecular weight excluding hydrogens is 211 g/mol. The number of carbonyl (C=O) groups is 1. The van der Waals surface area contributed by atoms with Crippen LogP contribution in [0.3, 0.4) is 0 Å². The van der Waals surface area contributed by atoms with Gasteiger partial charge < -0.3 is 10.5 Å². The molecule has 1 saturated carbocycles. The van der Waals surface area contributed by atoms with Gasteiger partial charge in [-0.3, -0.25) is 0 Å². The van der Waals surface area contributed by atoms with E-state index < -0.39 is 23.6 Å². The predicted molar refractivity (Wildman–Crippen MR) is 46.9 cm³/mol. The predicted octanol–water partition coefficient (Wildman–Crippen LogP) is 1.61. The number of esters is 1. The Kier molecular flexibility index (Phi) is 3.28. The van der Waals surface area contributed by atoms with Gasteiger partial charge in [-0.05, 0) is 25.7 Å². The number of halogens is 3. The zero-order chi connectivity index (χ0) is 11.7. The average Bonchev–Trinajstić information content (AvgIpc) is 1.98. The first-order valence-corrected chi connectivity index (χ1v) is 4.86. The molecule has 1 aliphatic rings. The lowest BCUT2D eigenvalue weighted by Crippen LogP contribution is -2.66. The van der Waals surface area contributed by atoms with Gasteiger partial charge in [-0.1, -0.05) is 6.42 Å². The van der Waals surface area contributed by atoms with Gasteiger partial charge in [0.25, 0.3) is 0 Å². The van der Waals surface area contributed by atoms with E-state index in [1.54, 1.807) is 0 Å². The van der Waals surface area contributed by atoms with Crippen molar-refractivity contribution in [3.05, 3.63) is 0 Å². The van der Waals surface area contributed by atoms with Crippen LogP contribution in [0.1, 0.15) is 26.2 Å². The van der Waals surface area contributed by atoms with Gasteiger partial charge in [0.1, 0.15) is 0 Å². The normalized spacial score (nSPS) is 21.7. The first-order valence-electron chi connectivity index (χ1n) is 4.86. The van der Waals surface area contributed by atoms with Crippen LogP contribution in [-0.4, -0.2) is 24.3 Å². The molecule has 1 rings (SSSR count). The smallest absolute Gasteiger partial charge is 0.417 e. The second kappa shape index (κ2) is 4.00. The van der Waals surface area contributed by atoms with Gasteiger partial charge in [-0.15, -0.1) is 0 Å². The van der Waals surface area contributed by atoms with Crippen LogP contribution in [0.5, 0.6) is 0 Å². The van der Waals surface area contributed by atoms with E-state index in [0.717, 1.165) is 0 Å². The number of nitrogens with two attached hydrogens (primary N) is 1. The van der Waals surface area contributed by atoms with E-state index in [0.29, 0.717) is 19.3 Å². The summed E-state index contributed by atoms with van der Waals surface area (Å²) in [5, 5.41) is 0. The lowest BCUT2D eigenvalue weighted by Gasteiger charge is -2.41. The molecule has 0 aromatic carbocycles. The first-order chi connectivity index (χ1) is 6.84. The lowest BCUT2D eigenvalue weighted by molar-refractivity contribution is -0.222. The highest BCUT2D eigenvalue weighted by molar-refractivity contribution is 5.82. The summed E-state index contributed by atoms with van der Waals surface area (Å²) in [4.78, 5) is 11.3. The lowest BCUT2D eigenvalue weighted by atomic mass is 9.70. The minimum absolute atomic E-state index is 0.0966. The average molecular weight is 225 g/mol. The van der Waals surface area contributed by atoms with Crippen LogP contribution < -0.4 is 5.73 Å². The van der Waals surface area contributed by atoms with E-state index in [9.17, 15) is 18.0 Å². The summed E-state index contributed by atoms with van der Waals surface area (Å²) in [5.41, 5.74) is 2.39. The maximum absolute atomic E-state index is 12.7. The molecule has 0 aliphatic heterocycles. The molecule has 0 aromatic heterocycles. The van der Waals surface area contributed by atoms with E-state index in [-0.39, 0.29) is 6.61 Å². The molecule has 3 nitrogen and oxygen atoms in total. The molecule has 15 heavy (non-hydrogen) atoms. The number of rotatable bonds is 3. The molecule has 0 aromatic rings. The van der Waals surface area contributed by atoms with E-state index in [1.807, 2.05) is 0 Å².